The molecule has 2 N–H and O–H groups in total. The third-order valence-electron chi connectivity index (χ3n) is 8.24. The predicted molar refractivity (Wildman–Crippen MR) is 186 cm³/mol. The number of unbranched alkanes of at least 4 members (excludes halogenated alkanes) is 1. The molecule has 0 bridgehead atoms. The van der Waals surface area contributed by atoms with Gasteiger partial charge in [-0.1, -0.05) is 0 Å². The number of amides is 1. The number of aromatic nitrogens is 2. The molecule has 1 unspecified atom stereocenters. The maximum absolute atomic E-state index is 14.4. The van der Waals surface area contributed by atoms with Gasteiger partial charge >= 0.3 is 12.5 Å². The summed E-state index contributed by atoms with van der Waals surface area (Å²) in [5.74, 6) is -4.66. The molecule has 0 spiro atoms. The first-order valence-corrected chi connectivity index (χ1v) is 17.3. The number of benzene rings is 2. The van der Waals surface area contributed by atoms with E-state index < -0.39 is 35.4 Å². The lowest BCUT2D eigenvalue weighted by Gasteiger charge is -2.27. The summed E-state index contributed by atoms with van der Waals surface area (Å²) in [6.07, 6.45) is 1.24. The van der Waals surface area contributed by atoms with Crippen molar-refractivity contribution in [3.05, 3.63) is 59.3 Å². The van der Waals surface area contributed by atoms with Crippen molar-refractivity contribution in [2.75, 3.05) is 44.8 Å². The number of anilines is 1. The smallest absolute Gasteiger partial charge is 0.444 e. The van der Waals surface area contributed by atoms with Crippen LogP contribution in [0, 0.1) is 23.0 Å². The minimum Gasteiger partial charge on any atom is -0.444 e. The molecule has 2 aromatic carbocycles. The second-order valence-corrected chi connectivity index (χ2v) is 13.6. The molecule has 12 nitrogen and oxygen atoms in total. The second kappa shape index (κ2) is 17.3. The van der Waals surface area contributed by atoms with Crippen molar-refractivity contribution in [3.63, 3.8) is 0 Å². The van der Waals surface area contributed by atoms with Crippen LogP contribution in [-0.4, -0.2) is 77.9 Å². The van der Waals surface area contributed by atoms with Crippen LogP contribution in [0.25, 0.3) is 16.5 Å². The topological polar surface area (TPSA) is 135 Å². The zero-order valence-electron chi connectivity index (χ0n) is 29.7. The van der Waals surface area contributed by atoms with E-state index in [9.17, 15) is 32.0 Å². The summed E-state index contributed by atoms with van der Waals surface area (Å²) in [4.78, 5) is 14.2. The van der Waals surface area contributed by atoms with Gasteiger partial charge in [-0.25, -0.2) is 18.3 Å². The Morgan fingerprint density at radius 2 is 1.91 bits per heavy atom. The lowest BCUT2D eigenvalue weighted by molar-refractivity contribution is -0.276. The fourth-order valence-corrected chi connectivity index (χ4v) is 5.89. The number of hydrogen-bond acceptors (Lipinski definition) is 10. The molecule has 1 fully saturated rings. The van der Waals surface area contributed by atoms with Gasteiger partial charge in [0, 0.05) is 43.9 Å². The largest absolute Gasteiger partial charge is 0.573 e. The number of fused-ring (bicyclic) bond motifs is 1. The fraction of sp³-hybridized carbons (Fsp3) is 0.500. The highest BCUT2D eigenvalue weighted by atomic mass is 19.4. The van der Waals surface area contributed by atoms with E-state index in [0.717, 1.165) is 47.0 Å². The van der Waals surface area contributed by atoms with Crippen LogP contribution in [0.1, 0.15) is 70.2 Å². The summed E-state index contributed by atoms with van der Waals surface area (Å²) in [7, 11) is 0. The SMILES string of the molecule is CC(C)(C)OC(=O)N(CCCCOCCNc1cc(C2=CC(C#N)=NNC2)cc2c1cnn2C1CCCCO1)Cc1cc(F)c(OC(F)(F)F)c(F)c1. The Kier molecular flexibility index (Phi) is 12.8. The van der Waals surface area contributed by atoms with Crippen LogP contribution < -0.4 is 15.5 Å². The van der Waals surface area contributed by atoms with Gasteiger partial charge in [0.2, 0.25) is 5.75 Å². The summed E-state index contributed by atoms with van der Waals surface area (Å²) in [6.45, 7) is 7.08. The molecule has 286 valence electrons. The summed E-state index contributed by atoms with van der Waals surface area (Å²) < 4.78 is 89.1. The third-order valence-corrected chi connectivity index (χ3v) is 8.24. The monoisotopic (exact) mass is 747 g/mol. The van der Waals surface area contributed by atoms with Gasteiger partial charge in [-0.05, 0) is 99.9 Å². The number of ether oxygens (including phenoxy) is 4. The molecule has 1 amide bonds. The van der Waals surface area contributed by atoms with E-state index in [2.05, 4.69) is 31.7 Å². The van der Waals surface area contributed by atoms with Gasteiger partial charge < -0.3 is 34.6 Å². The number of alkyl halides is 3. The molecule has 2 aliphatic heterocycles. The van der Waals surface area contributed by atoms with Crippen LogP contribution in [0.5, 0.6) is 5.75 Å². The number of rotatable bonds is 14. The number of hydrazone groups is 1. The van der Waals surface area contributed by atoms with E-state index in [1.54, 1.807) is 33.0 Å². The molecule has 0 saturated carbocycles. The van der Waals surface area contributed by atoms with Crippen LogP contribution >= 0.6 is 0 Å². The molecule has 17 heteroatoms. The average Bonchev–Trinajstić information content (AvgIpc) is 3.54. The Hall–Kier alpha value is -4.95. The van der Waals surface area contributed by atoms with Crippen molar-refractivity contribution in [2.24, 2.45) is 5.10 Å². The first kappa shape index (κ1) is 39.3. The molecule has 1 aromatic heterocycles. The highest BCUT2D eigenvalue weighted by Crippen LogP contribution is 2.34. The maximum Gasteiger partial charge on any atom is 0.573 e. The van der Waals surface area contributed by atoms with Crippen molar-refractivity contribution in [2.45, 2.75) is 77.6 Å². The minimum absolute atomic E-state index is 0.0765. The highest BCUT2D eigenvalue weighted by molar-refractivity contribution is 6.12. The second-order valence-electron chi connectivity index (χ2n) is 13.6. The Labute approximate surface area is 303 Å². The Morgan fingerprint density at radius 3 is 2.58 bits per heavy atom. The minimum atomic E-state index is -5.28. The predicted octanol–water partition coefficient (Wildman–Crippen LogP) is 7.42. The van der Waals surface area contributed by atoms with Crippen LogP contribution in [0.4, 0.5) is 32.4 Å². The number of carbonyl (C=O) groups is 1. The Bertz CT molecular complexity index is 1840. The fourth-order valence-electron chi connectivity index (χ4n) is 5.89. The van der Waals surface area contributed by atoms with Gasteiger partial charge in [0.1, 0.15) is 11.7 Å². The number of hydrogen-bond donors (Lipinski definition) is 2. The third kappa shape index (κ3) is 11.0. The maximum atomic E-state index is 14.4. The van der Waals surface area contributed by atoms with E-state index in [-0.39, 0.29) is 30.6 Å². The highest BCUT2D eigenvalue weighted by Gasteiger charge is 2.34. The number of allylic oxidation sites excluding steroid dienone is 1. The molecule has 53 heavy (non-hydrogen) atoms. The summed E-state index contributed by atoms with van der Waals surface area (Å²) in [5, 5.41) is 22.4. The summed E-state index contributed by atoms with van der Waals surface area (Å²) >= 11 is 0. The zero-order chi connectivity index (χ0) is 38.2. The van der Waals surface area contributed by atoms with E-state index >= 15 is 0 Å². The van der Waals surface area contributed by atoms with Gasteiger partial charge in [0.05, 0.1) is 24.9 Å². The molecule has 2 aliphatic rings. The molecule has 5 rings (SSSR count). The number of nitriles is 1. The van der Waals surface area contributed by atoms with Crippen molar-refractivity contribution in [3.8, 4) is 11.8 Å². The van der Waals surface area contributed by atoms with Gasteiger partial charge in [-0.3, -0.25) is 0 Å². The molecule has 3 heterocycles. The van der Waals surface area contributed by atoms with Crippen molar-refractivity contribution in [1.82, 2.24) is 20.1 Å². The van der Waals surface area contributed by atoms with Gasteiger partial charge in [0.15, 0.2) is 23.6 Å². The summed E-state index contributed by atoms with van der Waals surface area (Å²) in [5.41, 5.74) is 5.79. The first-order valence-electron chi connectivity index (χ1n) is 17.3. The lowest BCUT2D eigenvalue weighted by atomic mass is 10.0. The first-order chi connectivity index (χ1) is 25.2. The van der Waals surface area contributed by atoms with Crippen molar-refractivity contribution >= 4 is 34.0 Å². The quantitative estimate of drug-likeness (QED) is 0.128. The Morgan fingerprint density at radius 1 is 1.13 bits per heavy atom. The van der Waals surface area contributed by atoms with E-state index in [1.165, 1.54) is 4.90 Å². The molecule has 0 aliphatic carbocycles. The van der Waals surface area contributed by atoms with Crippen LogP contribution in [0.3, 0.4) is 0 Å². The number of nitrogens with one attached hydrogen (secondary N) is 2. The number of carbonyl (C=O) groups excluding carboxylic acids is 1. The molecular weight excluding hydrogens is 705 g/mol. The average molecular weight is 748 g/mol. The van der Waals surface area contributed by atoms with Crippen molar-refractivity contribution < 1.29 is 45.7 Å². The zero-order valence-corrected chi connectivity index (χ0v) is 29.7. The van der Waals surface area contributed by atoms with E-state index in [0.29, 0.717) is 57.9 Å². The van der Waals surface area contributed by atoms with Crippen LogP contribution in [0.2, 0.25) is 0 Å². The normalized spacial score (nSPS) is 16.3. The van der Waals surface area contributed by atoms with Gasteiger partial charge in [-0.2, -0.15) is 15.5 Å². The number of halogens is 5. The molecule has 3 aromatic rings. The molecular formula is C36H42F5N7O5. The van der Waals surface area contributed by atoms with E-state index in [1.807, 2.05) is 16.8 Å². The van der Waals surface area contributed by atoms with Gasteiger partial charge in [0.25, 0.3) is 0 Å². The van der Waals surface area contributed by atoms with E-state index in [4.69, 9.17) is 14.2 Å². The van der Waals surface area contributed by atoms with Crippen molar-refractivity contribution in [1.29, 1.82) is 5.26 Å². The number of nitrogens with zero attached hydrogens (tertiary/aromatic N) is 5. The summed E-state index contributed by atoms with van der Waals surface area (Å²) in [6, 6.07) is 7.50. The standard InChI is InChI=1S/C36H42F5N7O5/c1-35(2,3)53-34(49)47(22-23-14-28(37)33(29(38)15-23)52-36(39,40)41)10-5-7-11-50-13-9-43-30-17-24(25-16-26(19-42)46-44-20-25)18-31-27(30)21-45-48(31)32-8-4-6-12-51-32/h14-18,21,32,43-44H,4-13,20,22H2,1-3H3. The lowest BCUT2D eigenvalue weighted by Crippen LogP contribution is -2.37. The van der Waals surface area contributed by atoms with Crippen LogP contribution in [0.15, 0.2) is 41.6 Å². The van der Waals surface area contributed by atoms with Crippen LogP contribution in [-0.2, 0) is 20.8 Å². The Balaban J connectivity index is 1.17. The molecule has 0 radical (unpaired) electrons. The van der Waals surface area contributed by atoms with Gasteiger partial charge in [-0.15, -0.1) is 13.2 Å². The molecule has 1 saturated heterocycles. The molecule has 1 atom stereocenters.